The fraction of sp³-hybridized carbons (Fsp3) is 0.231. The second-order valence-electron chi connectivity index (χ2n) is 3.79. The molecule has 94 valence electrons. The third-order valence-electron chi connectivity index (χ3n) is 2.44. The Hall–Kier alpha value is -1.32. The molecule has 2 rings (SSSR count). The summed E-state index contributed by atoms with van der Waals surface area (Å²) in [5.74, 6) is 1.00. The van der Waals surface area contributed by atoms with Gasteiger partial charge in [-0.25, -0.2) is 0 Å². The van der Waals surface area contributed by atoms with E-state index in [4.69, 9.17) is 27.9 Å². The van der Waals surface area contributed by atoms with E-state index >= 15 is 0 Å². The highest BCUT2D eigenvalue weighted by molar-refractivity contribution is 6.31. The summed E-state index contributed by atoms with van der Waals surface area (Å²) in [7, 11) is 0. The van der Waals surface area contributed by atoms with Gasteiger partial charge >= 0.3 is 0 Å². The topological polar surface area (TPSA) is 35.0 Å². The lowest BCUT2D eigenvalue weighted by Gasteiger charge is -2.10. The van der Waals surface area contributed by atoms with E-state index in [9.17, 15) is 0 Å². The first-order valence-electron chi connectivity index (χ1n) is 5.44. The van der Waals surface area contributed by atoms with Gasteiger partial charge in [-0.2, -0.15) is 0 Å². The normalized spacial score (nSPS) is 10.4. The molecule has 2 heterocycles. The molecule has 0 spiro atoms. The summed E-state index contributed by atoms with van der Waals surface area (Å²) < 4.78 is 5.69. The van der Waals surface area contributed by atoms with E-state index in [2.05, 4.69) is 9.97 Å². The molecule has 0 unspecified atom stereocenters. The molecule has 18 heavy (non-hydrogen) atoms. The number of hydrogen-bond acceptors (Lipinski definition) is 3. The second-order valence-corrected chi connectivity index (χ2v) is 4.46. The smallest absolute Gasteiger partial charge is 0.142 e. The predicted octanol–water partition coefficient (Wildman–Crippen LogP) is 3.76. The average molecular weight is 283 g/mol. The Morgan fingerprint density at radius 3 is 2.83 bits per heavy atom. The zero-order chi connectivity index (χ0) is 13.0. The number of aryl methyl sites for hydroxylation is 1. The summed E-state index contributed by atoms with van der Waals surface area (Å²) in [5.41, 5.74) is 2.54. The molecule has 0 aliphatic heterocycles. The number of alkyl halides is 1. The predicted molar refractivity (Wildman–Crippen MR) is 72.1 cm³/mol. The van der Waals surface area contributed by atoms with Crippen LogP contribution in [0.1, 0.15) is 17.0 Å². The molecule has 0 amide bonds. The largest absolute Gasteiger partial charge is 0.487 e. The zero-order valence-corrected chi connectivity index (χ0v) is 11.4. The molecule has 0 saturated heterocycles. The standard InChI is InChI=1S/C13H12Cl2N2O/c1-9-2-3-13(12(6-14)17-9)18-8-10-4-5-16-7-11(10)15/h2-5,7H,6,8H2,1H3. The van der Waals surface area contributed by atoms with Gasteiger partial charge in [0.1, 0.15) is 12.4 Å². The van der Waals surface area contributed by atoms with Crippen LogP contribution < -0.4 is 4.74 Å². The molecule has 2 aromatic rings. The lowest BCUT2D eigenvalue weighted by Crippen LogP contribution is -2.01. The third-order valence-corrected chi connectivity index (χ3v) is 3.03. The highest BCUT2D eigenvalue weighted by Gasteiger charge is 2.06. The minimum absolute atomic E-state index is 0.321. The van der Waals surface area contributed by atoms with E-state index in [1.807, 2.05) is 25.1 Å². The molecular formula is C13H12Cl2N2O. The van der Waals surface area contributed by atoms with Crippen molar-refractivity contribution in [2.75, 3.05) is 0 Å². The first-order chi connectivity index (χ1) is 8.70. The van der Waals surface area contributed by atoms with Crippen molar-refractivity contribution in [3.05, 3.63) is 52.6 Å². The van der Waals surface area contributed by atoms with Crippen LogP contribution in [0.5, 0.6) is 5.75 Å². The van der Waals surface area contributed by atoms with Crippen LogP contribution in [0, 0.1) is 6.92 Å². The van der Waals surface area contributed by atoms with Crippen molar-refractivity contribution in [3.63, 3.8) is 0 Å². The Bertz CT molecular complexity index is 546. The van der Waals surface area contributed by atoms with Crippen molar-refractivity contribution < 1.29 is 4.74 Å². The van der Waals surface area contributed by atoms with Crippen molar-refractivity contribution >= 4 is 23.2 Å². The van der Waals surface area contributed by atoms with Gasteiger partial charge in [-0.1, -0.05) is 11.6 Å². The summed E-state index contributed by atoms with van der Waals surface area (Å²) in [6, 6.07) is 5.58. The van der Waals surface area contributed by atoms with E-state index in [1.54, 1.807) is 12.4 Å². The van der Waals surface area contributed by atoms with Crippen molar-refractivity contribution in [3.8, 4) is 5.75 Å². The maximum Gasteiger partial charge on any atom is 0.142 e. The number of rotatable bonds is 4. The van der Waals surface area contributed by atoms with Gasteiger partial charge in [-0.05, 0) is 25.1 Å². The van der Waals surface area contributed by atoms with Gasteiger partial charge in [0.15, 0.2) is 0 Å². The summed E-state index contributed by atoms with van der Waals surface area (Å²) in [6.07, 6.45) is 3.27. The number of hydrogen-bond donors (Lipinski definition) is 0. The molecule has 0 fully saturated rings. The summed E-state index contributed by atoms with van der Waals surface area (Å²) in [4.78, 5) is 8.25. The Labute approximate surface area is 116 Å². The summed E-state index contributed by atoms with van der Waals surface area (Å²) in [5, 5.41) is 0.588. The van der Waals surface area contributed by atoms with Crippen LogP contribution in [0.4, 0.5) is 0 Å². The van der Waals surface area contributed by atoms with Crippen LogP contribution in [-0.2, 0) is 12.5 Å². The van der Waals surface area contributed by atoms with Crippen molar-refractivity contribution in [2.24, 2.45) is 0 Å². The van der Waals surface area contributed by atoms with Gasteiger partial charge in [0.05, 0.1) is 16.6 Å². The molecule has 2 aromatic heterocycles. The highest BCUT2D eigenvalue weighted by Crippen LogP contribution is 2.21. The fourth-order valence-corrected chi connectivity index (χ4v) is 1.87. The summed E-state index contributed by atoms with van der Waals surface area (Å²) in [6.45, 7) is 2.29. The fourth-order valence-electron chi connectivity index (χ4n) is 1.50. The molecule has 0 aromatic carbocycles. The van der Waals surface area contributed by atoms with Gasteiger partial charge in [-0.15, -0.1) is 11.6 Å². The molecule has 0 radical (unpaired) electrons. The summed E-state index contributed by atoms with van der Waals surface area (Å²) >= 11 is 11.8. The molecule has 0 aliphatic carbocycles. The van der Waals surface area contributed by atoms with Crippen LogP contribution in [0.25, 0.3) is 0 Å². The lowest BCUT2D eigenvalue weighted by atomic mass is 10.3. The lowest BCUT2D eigenvalue weighted by molar-refractivity contribution is 0.302. The molecule has 5 heteroatoms. The van der Waals surface area contributed by atoms with E-state index < -0.39 is 0 Å². The Kier molecular flexibility index (Phi) is 4.39. The van der Waals surface area contributed by atoms with E-state index in [0.29, 0.717) is 23.3 Å². The maximum absolute atomic E-state index is 6.01. The molecule has 0 bridgehead atoms. The second kappa shape index (κ2) is 6.03. The Morgan fingerprint density at radius 2 is 2.11 bits per heavy atom. The van der Waals surface area contributed by atoms with Crippen molar-refractivity contribution in [2.45, 2.75) is 19.4 Å². The molecule has 0 N–H and O–H groups in total. The average Bonchev–Trinajstić information content (AvgIpc) is 2.39. The minimum atomic E-state index is 0.321. The quantitative estimate of drug-likeness (QED) is 0.801. The minimum Gasteiger partial charge on any atom is -0.487 e. The number of nitrogens with zero attached hydrogens (tertiary/aromatic N) is 2. The Balaban J connectivity index is 2.13. The molecule has 3 nitrogen and oxygen atoms in total. The van der Waals surface area contributed by atoms with E-state index in [0.717, 1.165) is 17.0 Å². The zero-order valence-electron chi connectivity index (χ0n) is 9.86. The van der Waals surface area contributed by atoms with Crippen LogP contribution in [-0.4, -0.2) is 9.97 Å². The monoisotopic (exact) mass is 282 g/mol. The maximum atomic E-state index is 6.01. The number of pyridine rings is 2. The van der Waals surface area contributed by atoms with Crippen LogP contribution in [0.3, 0.4) is 0 Å². The van der Waals surface area contributed by atoms with Crippen LogP contribution in [0.15, 0.2) is 30.6 Å². The Morgan fingerprint density at radius 1 is 1.28 bits per heavy atom. The molecular weight excluding hydrogens is 271 g/mol. The van der Waals surface area contributed by atoms with Crippen molar-refractivity contribution in [1.29, 1.82) is 0 Å². The van der Waals surface area contributed by atoms with Gasteiger partial charge < -0.3 is 4.74 Å². The van der Waals surface area contributed by atoms with Gasteiger partial charge in [0.25, 0.3) is 0 Å². The van der Waals surface area contributed by atoms with Crippen LogP contribution in [0.2, 0.25) is 5.02 Å². The SMILES string of the molecule is Cc1ccc(OCc2ccncc2Cl)c(CCl)n1. The van der Waals surface area contributed by atoms with Crippen LogP contribution >= 0.6 is 23.2 Å². The molecule has 0 saturated carbocycles. The first-order valence-corrected chi connectivity index (χ1v) is 6.35. The molecule has 0 aliphatic rings. The number of aromatic nitrogens is 2. The number of halogens is 2. The third kappa shape index (κ3) is 3.12. The van der Waals surface area contributed by atoms with E-state index in [-0.39, 0.29) is 0 Å². The highest BCUT2D eigenvalue weighted by atomic mass is 35.5. The van der Waals surface area contributed by atoms with Gasteiger partial charge in [0.2, 0.25) is 0 Å². The van der Waals surface area contributed by atoms with E-state index in [1.165, 1.54) is 0 Å². The van der Waals surface area contributed by atoms with Gasteiger partial charge in [0, 0.05) is 23.7 Å². The number of ether oxygens (including phenoxy) is 1. The van der Waals surface area contributed by atoms with Gasteiger partial charge in [-0.3, -0.25) is 9.97 Å². The van der Waals surface area contributed by atoms with Crippen molar-refractivity contribution in [1.82, 2.24) is 9.97 Å². The molecule has 0 atom stereocenters. The first kappa shape index (κ1) is 13.1.